The standard InChI is InChI=1S/C18H23N5O2/c19-13-6-5-12(11-13)17(24)22-7-9-23(10-8-22)18(25)16-14-3-1-2-4-15(14)20-21-16/h1-4,12-13H,5-11,19H2,(H,20,21). The van der Waals surface area contributed by atoms with Crippen molar-refractivity contribution in [2.45, 2.75) is 25.3 Å². The van der Waals surface area contributed by atoms with Gasteiger partial charge in [0, 0.05) is 43.5 Å². The highest BCUT2D eigenvalue weighted by atomic mass is 16.2. The zero-order chi connectivity index (χ0) is 17.4. The Morgan fingerprint density at radius 3 is 2.52 bits per heavy atom. The Hall–Kier alpha value is -2.41. The summed E-state index contributed by atoms with van der Waals surface area (Å²) in [5.41, 5.74) is 7.23. The van der Waals surface area contributed by atoms with Crippen LogP contribution < -0.4 is 5.73 Å². The lowest BCUT2D eigenvalue weighted by molar-refractivity contribution is -0.136. The van der Waals surface area contributed by atoms with Crippen molar-refractivity contribution < 1.29 is 9.59 Å². The normalized spacial score (nSPS) is 24.0. The molecule has 1 aromatic carbocycles. The molecule has 7 nitrogen and oxygen atoms in total. The van der Waals surface area contributed by atoms with Crippen LogP contribution in [0.3, 0.4) is 0 Å². The second-order valence-corrected chi connectivity index (χ2v) is 7.01. The molecule has 2 aliphatic rings. The molecule has 1 aliphatic carbocycles. The first-order valence-corrected chi connectivity index (χ1v) is 8.90. The summed E-state index contributed by atoms with van der Waals surface area (Å²) in [4.78, 5) is 29.0. The molecule has 1 aliphatic heterocycles. The van der Waals surface area contributed by atoms with Crippen molar-refractivity contribution in [3.63, 3.8) is 0 Å². The van der Waals surface area contributed by atoms with E-state index >= 15 is 0 Å². The van der Waals surface area contributed by atoms with Gasteiger partial charge in [0.25, 0.3) is 5.91 Å². The number of nitrogens with zero attached hydrogens (tertiary/aromatic N) is 3. The molecule has 132 valence electrons. The number of amides is 2. The highest BCUT2D eigenvalue weighted by Gasteiger charge is 2.33. The van der Waals surface area contributed by atoms with Crippen LogP contribution in [0.25, 0.3) is 10.9 Å². The van der Waals surface area contributed by atoms with E-state index in [2.05, 4.69) is 10.2 Å². The summed E-state index contributed by atoms with van der Waals surface area (Å²) in [5.74, 6) is 0.185. The summed E-state index contributed by atoms with van der Waals surface area (Å²) in [6.07, 6.45) is 2.61. The van der Waals surface area contributed by atoms with Gasteiger partial charge in [-0.2, -0.15) is 5.10 Å². The minimum atomic E-state index is -0.0764. The Morgan fingerprint density at radius 2 is 1.80 bits per heavy atom. The summed E-state index contributed by atoms with van der Waals surface area (Å²) >= 11 is 0. The molecule has 0 radical (unpaired) electrons. The maximum atomic E-state index is 12.8. The third-order valence-electron chi connectivity index (χ3n) is 5.37. The van der Waals surface area contributed by atoms with Crippen LogP contribution in [0.15, 0.2) is 24.3 Å². The molecule has 0 bridgehead atoms. The van der Waals surface area contributed by atoms with Gasteiger partial charge >= 0.3 is 0 Å². The van der Waals surface area contributed by atoms with E-state index in [9.17, 15) is 9.59 Å². The second kappa shape index (κ2) is 6.48. The molecule has 3 N–H and O–H groups in total. The number of hydrogen-bond acceptors (Lipinski definition) is 4. The molecule has 2 aromatic rings. The molecule has 2 unspecified atom stereocenters. The molecular weight excluding hydrogens is 318 g/mol. The van der Waals surface area contributed by atoms with E-state index in [1.807, 2.05) is 29.2 Å². The molecule has 2 atom stereocenters. The summed E-state index contributed by atoms with van der Waals surface area (Å²) < 4.78 is 0. The monoisotopic (exact) mass is 341 g/mol. The van der Waals surface area contributed by atoms with Crippen LogP contribution in [0, 0.1) is 5.92 Å². The molecule has 2 fully saturated rings. The van der Waals surface area contributed by atoms with E-state index in [0.717, 1.165) is 30.2 Å². The molecule has 1 aromatic heterocycles. The first kappa shape index (κ1) is 16.1. The van der Waals surface area contributed by atoms with Gasteiger partial charge in [0.15, 0.2) is 5.69 Å². The van der Waals surface area contributed by atoms with Crippen molar-refractivity contribution in [1.82, 2.24) is 20.0 Å². The number of aromatic nitrogens is 2. The number of rotatable bonds is 2. The smallest absolute Gasteiger partial charge is 0.275 e. The second-order valence-electron chi connectivity index (χ2n) is 7.01. The van der Waals surface area contributed by atoms with Gasteiger partial charge in [-0.15, -0.1) is 0 Å². The van der Waals surface area contributed by atoms with Gasteiger partial charge in [-0.25, -0.2) is 0 Å². The molecule has 2 heterocycles. The number of nitrogens with one attached hydrogen (secondary N) is 1. The SMILES string of the molecule is NC1CCC(C(=O)N2CCN(C(=O)c3n[nH]c4ccccc34)CC2)C1. The molecule has 7 heteroatoms. The fraction of sp³-hybridized carbons (Fsp3) is 0.500. The number of piperazine rings is 1. The van der Waals surface area contributed by atoms with Gasteiger partial charge in [0.1, 0.15) is 0 Å². The lowest BCUT2D eigenvalue weighted by Crippen LogP contribution is -2.52. The van der Waals surface area contributed by atoms with Crippen molar-refractivity contribution in [3.8, 4) is 0 Å². The van der Waals surface area contributed by atoms with Crippen molar-refractivity contribution in [1.29, 1.82) is 0 Å². The Bertz CT molecular complexity index is 794. The van der Waals surface area contributed by atoms with E-state index in [-0.39, 0.29) is 23.8 Å². The number of carbonyl (C=O) groups is 2. The predicted molar refractivity (Wildman–Crippen MR) is 93.9 cm³/mol. The van der Waals surface area contributed by atoms with Crippen LogP contribution in [0.4, 0.5) is 0 Å². The number of benzene rings is 1. The lowest BCUT2D eigenvalue weighted by atomic mass is 10.1. The zero-order valence-corrected chi connectivity index (χ0v) is 14.1. The van der Waals surface area contributed by atoms with Gasteiger partial charge in [-0.3, -0.25) is 14.7 Å². The van der Waals surface area contributed by atoms with Gasteiger partial charge in [-0.1, -0.05) is 18.2 Å². The number of fused-ring (bicyclic) bond motifs is 1. The number of H-pyrrole nitrogens is 1. The zero-order valence-electron chi connectivity index (χ0n) is 14.1. The quantitative estimate of drug-likeness (QED) is 0.851. The maximum absolute atomic E-state index is 12.8. The molecule has 2 amide bonds. The molecule has 0 spiro atoms. The topological polar surface area (TPSA) is 95.3 Å². The number of aromatic amines is 1. The largest absolute Gasteiger partial charge is 0.339 e. The Kier molecular flexibility index (Phi) is 4.17. The number of nitrogens with two attached hydrogens (primary N) is 1. The third-order valence-corrected chi connectivity index (χ3v) is 5.37. The number of carbonyl (C=O) groups excluding carboxylic acids is 2. The Labute approximate surface area is 146 Å². The first-order chi connectivity index (χ1) is 12.1. The summed E-state index contributed by atoms with van der Waals surface area (Å²) in [6.45, 7) is 2.26. The Morgan fingerprint density at radius 1 is 1.08 bits per heavy atom. The number of para-hydroxylation sites is 1. The summed E-state index contributed by atoms with van der Waals surface area (Å²) in [5, 5.41) is 7.93. The molecule has 4 rings (SSSR count). The molecule has 1 saturated heterocycles. The minimum Gasteiger partial charge on any atom is -0.339 e. The van der Waals surface area contributed by atoms with E-state index in [1.165, 1.54) is 0 Å². The van der Waals surface area contributed by atoms with Crippen LogP contribution >= 0.6 is 0 Å². The van der Waals surface area contributed by atoms with Gasteiger partial charge in [0.05, 0.1) is 5.52 Å². The molecule has 1 saturated carbocycles. The first-order valence-electron chi connectivity index (χ1n) is 8.90. The van der Waals surface area contributed by atoms with E-state index in [4.69, 9.17) is 5.73 Å². The Balaban J connectivity index is 1.40. The van der Waals surface area contributed by atoms with Gasteiger partial charge in [0.2, 0.25) is 5.91 Å². The van der Waals surface area contributed by atoms with Crippen LogP contribution in [-0.4, -0.2) is 64.0 Å². The third kappa shape index (κ3) is 3.00. The van der Waals surface area contributed by atoms with Gasteiger partial charge < -0.3 is 15.5 Å². The van der Waals surface area contributed by atoms with Crippen molar-refractivity contribution in [2.24, 2.45) is 11.7 Å². The lowest BCUT2D eigenvalue weighted by Gasteiger charge is -2.35. The van der Waals surface area contributed by atoms with Crippen LogP contribution in [0.1, 0.15) is 29.8 Å². The number of hydrogen-bond donors (Lipinski definition) is 2. The van der Waals surface area contributed by atoms with Crippen LogP contribution in [-0.2, 0) is 4.79 Å². The maximum Gasteiger partial charge on any atom is 0.275 e. The van der Waals surface area contributed by atoms with Crippen molar-refractivity contribution >= 4 is 22.7 Å². The van der Waals surface area contributed by atoms with Crippen molar-refractivity contribution in [2.75, 3.05) is 26.2 Å². The molecular formula is C18H23N5O2. The fourth-order valence-corrected chi connectivity index (χ4v) is 3.91. The van der Waals surface area contributed by atoms with Crippen LogP contribution in [0.5, 0.6) is 0 Å². The van der Waals surface area contributed by atoms with E-state index in [0.29, 0.717) is 31.9 Å². The minimum absolute atomic E-state index is 0.0625. The van der Waals surface area contributed by atoms with Gasteiger partial charge in [-0.05, 0) is 25.3 Å². The average Bonchev–Trinajstić information content (AvgIpc) is 3.27. The van der Waals surface area contributed by atoms with E-state index < -0.39 is 0 Å². The van der Waals surface area contributed by atoms with E-state index in [1.54, 1.807) is 4.90 Å². The van der Waals surface area contributed by atoms with Crippen LogP contribution in [0.2, 0.25) is 0 Å². The average molecular weight is 341 g/mol. The highest BCUT2D eigenvalue weighted by Crippen LogP contribution is 2.26. The highest BCUT2D eigenvalue weighted by molar-refractivity contribution is 6.04. The summed E-state index contributed by atoms with van der Waals surface area (Å²) in [7, 11) is 0. The van der Waals surface area contributed by atoms with Crippen molar-refractivity contribution in [3.05, 3.63) is 30.0 Å². The molecule has 25 heavy (non-hydrogen) atoms. The summed E-state index contributed by atoms with van der Waals surface area (Å²) in [6, 6.07) is 7.77. The predicted octanol–water partition coefficient (Wildman–Crippen LogP) is 0.975. The fourth-order valence-electron chi connectivity index (χ4n) is 3.91.